The molecule has 0 unspecified atom stereocenters. The Morgan fingerprint density at radius 1 is 0.415 bits per heavy atom. The number of carbonyl (C=O) groups excluding carboxylic acids is 2. The van der Waals surface area contributed by atoms with Gasteiger partial charge in [-0.2, -0.15) is 0 Å². The van der Waals surface area contributed by atoms with Crippen molar-refractivity contribution in [3.05, 3.63) is 48.6 Å². The average molecular weight is 614 g/mol. The van der Waals surface area contributed by atoms with Crippen LogP contribution in [-0.2, 0) is 26.7 Å². The van der Waals surface area contributed by atoms with Gasteiger partial charge in [-0.05, 0) is 89.9 Å². The molecule has 1 radical (unpaired) electrons. The summed E-state index contributed by atoms with van der Waals surface area (Å²) in [4.78, 5) is 20.4. The molecule has 0 heterocycles. The van der Waals surface area contributed by atoms with Crippen LogP contribution in [0.5, 0.6) is 0 Å². The summed E-state index contributed by atoms with van der Waals surface area (Å²) < 4.78 is 0. The second-order valence-electron chi connectivity index (χ2n) is 10.7. The van der Waals surface area contributed by atoms with Crippen LogP contribution in [0.2, 0.25) is 0 Å². The van der Waals surface area contributed by atoms with E-state index in [0.717, 1.165) is 64.2 Å². The van der Waals surface area contributed by atoms with Crippen molar-refractivity contribution in [3.63, 3.8) is 0 Å². The Balaban J connectivity index is -0.000000688. The zero-order valence-electron chi connectivity index (χ0n) is 26.6. The van der Waals surface area contributed by atoms with Crippen LogP contribution in [0.15, 0.2) is 48.6 Å². The molecule has 0 amide bonds. The van der Waals surface area contributed by atoms with Crippen molar-refractivity contribution in [2.24, 2.45) is 0 Å². The van der Waals surface area contributed by atoms with Crippen LogP contribution < -0.4 is 10.2 Å². The van der Waals surface area contributed by atoms with E-state index in [-0.39, 0.29) is 29.9 Å². The van der Waals surface area contributed by atoms with Gasteiger partial charge in [0.1, 0.15) is 0 Å². The van der Waals surface area contributed by atoms with Crippen molar-refractivity contribution in [2.45, 2.75) is 168 Å². The van der Waals surface area contributed by atoms with E-state index in [4.69, 9.17) is 0 Å². The zero-order chi connectivity index (χ0) is 29.8. The van der Waals surface area contributed by atoms with Gasteiger partial charge in [0, 0.05) is 11.9 Å². The van der Waals surface area contributed by atoms with E-state index in [2.05, 4.69) is 62.5 Å². The zero-order valence-corrected chi connectivity index (χ0v) is 27.8. The number of hydrogen-bond acceptors (Lipinski definition) is 4. The third-order valence-corrected chi connectivity index (χ3v) is 6.66. The first-order chi connectivity index (χ1) is 19.5. The summed E-state index contributed by atoms with van der Waals surface area (Å²) in [6.45, 7) is 4.46. The molecule has 5 heteroatoms. The first kappa shape index (κ1) is 43.9. The van der Waals surface area contributed by atoms with E-state index >= 15 is 0 Å². The second-order valence-corrected chi connectivity index (χ2v) is 10.7. The molecule has 0 atom stereocenters. The Bertz CT molecular complexity index is 596. The molecular weight excluding hydrogens is 551 g/mol. The predicted octanol–water partition coefficient (Wildman–Crippen LogP) is 9.10. The quantitative estimate of drug-likeness (QED) is 0.0501. The standard InChI is InChI=1S/2C18H32O2.Mn/c2*1-2-3-4-5-6-7-8-9-10-11-12-13-14-15-16-17-18(19)20;/h2*6-7,9-10H,2-5,8,11-17H2,1H3,(H,19,20);/q;;+2/p-2/b7-6+,10-9+;7-6-,10-9-;. The van der Waals surface area contributed by atoms with E-state index < -0.39 is 11.9 Å². The third kappa shape index (κ3) is 48.5. The molecule has 0 aliphatic heterocycles. The molecule has 41 heavy (non-hydrogen) atoms. The molecule has 0 bridgehead atoms. The molecule has 0 aliphatic rings. The fraction of sp³-hybridized carbons (Fsp3) is 0.722. The van der Waals surface area contributed by atoms with E-state index in [0.29, 0.717) is 0 Å². The number of hydrogen-bond donors (Lipinski definition) is 0. The molecule has 4 nitrogen and oxygen atoms in total. The molecule has 0 rings (SSSR count). The largest absolute Gasteiger partial charge is 2.00 e. The minimum atomic E-state index is -0.921. The summed E-state index contributed by atoms with van der Waals surface area (Å²) in [5, 5.41) is 20.4. The normalized spacial score (nSPS) is 11.4. The fourth-order valence-corrected chi connectivity index (χ4v) is 4.16. The summed E-state index contributed by atoms with van der Waals surface area (Å²) in [5.41, 5.74) is 0. The summed E-state index contributed by atoms with van der Waals surface area (Å²) in [5.74, 6) is -1.84. The summed E-state index contributed by atoms with van der Waals surface area (Å²) in [7, 11) is 0. The van der Waals surface area contributed by atoms with E-state index in [1.165, 1.54) is 77.0 Å². The van der Waals surface area contributed by atoms with Gasteiger partial charge < -0.3 is 19.8 Å². The molecule has 0 aromatic carbocycles. The number of carboxylic acids is 2. The van der Waals surface area contributed by atoms with E-state index in [1.54, 1.807) is 0 Å². The van der Waals surface area contributed by atoms with Gasteiger partial charge in [-0.3, -0.25) is 0 Å². The van der Waals surface area contributed by atoms with Gasteiger partial charge in [-0.25, -0.2) is 0 Å². The number of aliphatic carboxylic acids is 2. The summed E-state index contributed by atoms with van der Waals surface area (Å²) in [6.07, 6.45) is 43.9. The number of rotatable bonds is 28. The van der Waals surface area contributed by atoms with Gasteiger partial charge in [0.25, 0.3) is 0 Å². The Morgan fingerprint density at radius 2 is 0.683 bits per heavy atom. The minimum absolute atomic E-state index is 0. The Labute approximate surface area is 264 Å². The Hall–Kier alpha value is -1.58. The average Bonchev–Trinajstić information content (AvgIpc) is 2.93. The van der Waals surface area contributed by atoms with Crippen LogP contribution in [0, 0.1) is 0 Å². The van der Waals surface area contributed by atoms with Crippen molar-refractivity contribution < 1.29 is 36.9 Å². The van der Waals surface area contributed by atoms with Crippen LogP contribution >= 0.6 is 0 Å². The molecule has 237 valence electrons. The van der Waals surface area contributed by atoms with Crippen molar-refractivity contribution in [2.75, 3.05) is 0 Å². The van der Waals surface area contributed by atoms with Crippen molar-refractivity contribution in [3.8, 4) is 0 Å². The second kappa shape index (κ2) is 40.6. The predicted molar refractivity (Wildman–Crippen MR) is 169 cm³/mol. The Kier molecular flexibility index (Phi) is 43.4. The smallest absolute Gasteiger partial charge is 0.550 e. The molecule has 0 fully saturated rings. The number of allylic oxidation sites excluding steroid dienone is 8. The molecule has 0 N–H and O–H groups in total. The molecule has 0 aliphatic carbocycles. The summed E-state index contributed by atoms with van der Waals surface area (Å²) >= 11 is 0. The number of carbonyl (C=O) groups is 2. The van der Waals surface area contributed by atoms with Gasteiger partial charge in [0.2, 0.25) is 0 Å². The van der Waals surface area contributed by atoms with Crippen LogP contribution in [0.1, 0.15) is 168 Å². The number of unbranched alkanes of at least 4 members (excludes halogenated alkanes) is 16. The summed E-state index contributed by atoms with van der Waals surface area (Å²) in [6, 6.07) is 0. The van der Waals surface area contributed by atoms with Gasteiger partial charge in [-0.1, -0.05) is 127 Å². The minimum Gasteiger partial charge on any atom is -0.550 e. The fourth-order valence-electron chi connectivity index (χ4n) is 4.16. The topological polar surface area (TPSA) is 80.3 Å². The third-order valence-electron chi connectivity index (χ3n) is 6.66. The monoisotopic (exact) mass is 613 g/mol. The van der Waals surface area contributed by atoms with E-state index in [1.807, 2.05) is 0 Å². The maximum Gasteiger partial charge on any atom is 2.00 e. The van der Waals surface area contributed by atoms with Gasteiger partial charge in [-0.15, -0.1) is 0 Å². The first-order valence-corrected chi connectivity index (χ1v) is 16.5. The van der Waals surface area contributed by atoms with Crippen molar-refractivity contribution >= 4 is 11.9 Å². The molecular formula is C36H62MnO4. The van der Waals surface area contributed by atoms with Crippen LogP contribution in [0.3, 0.4) is 0 Å². The van der Waals surface area contributed by atoms with Gasteiger partial charge in [0.15, 0.2) is 0 Å². The van der Waals surface area contributed by atoms with Crippen LogP contribution in [-0.4, -0.2) is 11.9 Å². The Morgan fingerprint density at radius 3 is 0.976 bits per heavy atom. The van der Waals surface area contributed by atoms with Crippen LogP contribution in [0.25, 0.3) is 0 Å². The van der Waals surface area contributed by atoms with Crippen molar-refractivity contribution in [1.82, 2.24) is 0 Å². The van der Waals surface area contributed by atoms with Crippen LogP contribution in [0.4, 0.5) is 0 Å². The van der Waals surface area contributed by atoms with E-state index in [9.17, 15) is 19.8 Å². The van der Waals surface area contributed by atoms with Gasteiger partial charge in [0.05, 0.1) is 0 Å². The molecule has 0 aromatic rings. The molecule has 0 saturated carbocycles. The molecule has 0 spiro atoms. The number of carboxylic acid groups (broad SMARTS) is 2. The molecule has 0 aromatic heterocycles. The van der Waals surface area contributed by atoms with Gasteiger partial charge >= 0.3 is 17.1 Å². The molecule has 0 saturated heterocycles. The van der Waals surface area contributed by atoms with Crippen molar-refractivity contribution in [1.29, 1.82) is 0 Å². The first-order valence-electron chi connectivity index (χ1n) is 16.5. The maximum atomic E-state index is 10.2. The maximum absolute atomic E-state index is 10.2. The SMILES string of the molecule is CCCCC/C=C/C/C=C/CCCCCCCC(=O)[O-].CCCCC/C=C\C/C=C\CCCCCCCC(=O)[O-].[Mn+2].